The molecule has 0 saturated carbocycles. The van der Waals surface area contributed by atoms with Gasteiger partial charge in [-0.15, -0.1) is 0 Å². The third kappa shape index (κ3) is 5.04. The van der Waals surface area contributed by atoms with Crippen molar-refractivity contribution in [1.82, 2.24) is 15.1 Å². The summed E-state index contributed by atoms with van der Waals surface area (Å²) in [5.74, 6) is -0.302. The Morgan fingerprint density at radius 2 is 1.75 bits per heavy atom. The topological polar surface area (TPSA) is 123 Å². The number of carbonyl (C=O) groups is 2. The highest BCUT2D eigenvalue weighted by molar-refractivity contribution is 6.02. The number of aliphatic imine (C=N–C) groups is 1. The van der Waals surface area contributed by atoms with Crippen molar-refractivity contribution >= 4 is 17.8 Å². The molecule has 1 heterocycles. The molecule has 0 aliphatic heterocycles. The van der Waals surface area contributed by atoms with Crippen LogP contribution in [0.1, 0.15) is 27.0 Å². The van der Waals surface area contributed by atoms with Gasteiger partial charge in [0, 0.05) is 18.3 Å². The van der Waals surface area contributed by atoms with Gasteiger partial charge in [0.25, 0.3) is 5.91 Å². The Bertz CT molecular complexity index is 994. The number of nitrogens with two attached hydrogens (primary N) is 1. The van der Waals surface area contributed by atoms with E-state index in [1.807, 2.05) is 30.3 Å². The van der Waals surface area contributed by atoms with Crippen LogP contribution >= 0.6 is 0 Å². The molecule has 0 atom stereocenters. The van der Waals surface area contributed by atoms with Gasteiger partial charge in [-0.25, -0.2) is 4.79 Å². The zero-order valence-electron chi connectivity index (χ0n) is 14.9. The van der Waals surface area contributed by atoms with Crippen molar-refractivity contribution in [2.24, 2.45) is 10.7 Å². The van der Waals surface area contributed by atoms with Crippen LogP contribution in [0.4, 0.5) is 4.79 Å². The molecule has 4 N–H and O–H groups in total. The van der Waals surface area contributed by atoms with Gasteiger partial charge in [-0.1, -0.05) is 54.6 Å². The molecule has 0 aliphatic rings. The fourth-order valence-electron chi connectivity index (χ4n) is 2.58. The lowest BCUT2D eigenvalue weighted by molar-refractivity contribution is 0.0950. The lowest BCUT2D eigenvalue weighted by atomic mass is 10.1. The number of carboxylic acid groups (broad SMARTS) is 1. The fourth-order valence-corrected chi connectivity index (χ4v) is 2.58. The van der Waals surface area contributed by atoms with Crippen LogP contribution in [0.25, 0.3) is 0 Å². The number of nitrogens with zero attached hydrogens (tertiary/aromatic N) is 3. The summed E-state index contributed by atoms with van der Waals surface area (Å²) in [5, 5.41) is 15.7. The molecule has 0 saturated heterocycles. The van der Waals surface area contributed by atoms with Gasteiger partial charge in [0.2, 0.25) is 0 Å². The van der Waals surface area contributed by atoms with E-state index < -0.39 is 6.09 Å². The quantitative estimate of drug-likeness (QED) is 0.449. The van der Waals surface area contributed by atoms with Crippen molar-refractivity contribution in [3.8, 4) is 0 Å². The van der Waals surface area contributed by atoms with E-state index in [4.69, 9.17) is 10.8 Å². The van der Waals surface area contributed by atoms with Crippen molar-refractivity contribution in [2.75, 3.05) is 0 Å². The Morgan fingerprint density at radius 3 is 2.43 bits per heavy atom. The summed E-state index contributed by atoms with van der Waals surface area (Å²) in [6.07, 6.45) is 1.89. The Kier molecular flexibility index (Phi) is 5.81. The van der Waals surface area contributed by atoms with E-state index in [9.17, 15) is 9.59 Å². The molecule has 8 nitrogen and oxygen atoms in total. The highest BCUT2D eigenvalue weighted by Gasteiger charge is 2.09. The number of hydrogen-bond acceptors (Lipinski definition) is 3. The van der Waals surface area contributed by atoms with E-state index in [0.29, 0.717) is 24.2 Å². The fraction of sp³-hybridized carbons (Fsp3) is 0.100. The summed E-state index contributed by atoms with van der Waals surface area (Å²) in [7, 11) is 0. The second kappa shape index (κ2) is 8.63. The van der Waals surface area contributed by atoms with E-state index in [-0.39, 0.29) is 11.7 Å². The second-order valence-electron chi connectivity index (χ2n) is 6.07. The van der Waals surface area contributed by atoms with E-state index in [0.717, 1.165) is 11.1 Å². The molecule has 0 radical (unpaired) electrons. The van der Waals surface area contributed by atoms with Crippen LogP contribution < -0.4 is 11.1 Å². The number of hydrogen-bond donors (Lipinski definition) is 3. The van der Waals surface area contributed by atoms with Gasteiger partial charge in [0.05, 0.1) is 18.3 Å². The van der Waals surface area contributed by atoms with E-state index in [2.05, 4.69) is 15.4 Å². The maximum atomic E-state index is 12.3. The molecule has 3 rings (SSSR count). The van der Waals surface area contributed by atoms with Crippen LogP contribution in [-0.4, -0.2) is 32.7 Å². The van der Waals surface area contributed by atoms with Crippen molar-refractivity contribution in [3.63, 3.8) is 0 Å². The van der Waals surface area contributed by atoms with Crippen LogP contribution in [0, 0.1) is 0 Å². The molecule has 1 aromatic heterocycles. The van der Waals surface area contributed by atoms with Gasteiger partial charge in [-0.2, -0.15) is 10.1 Å². The summed E-state index contributed by atoms with van der Waals surface area (Å²) in [4.78, 5) is 26.1. The third-order valence-electron chi connectivity index (χ3n) is 4.00. The molecule has 0 unspecified atom stereocenters. The largest absolute Gasteiger partial charge is 0.463 e. The minimum absolute atomic E-state index is 0.0751. The summed E-state index contributed by atoms with van der Waals surface area (Å²) < 4.78 is 1.71. The average Bonchev–Trinajstić information content (AvgIpc) is 3.15. The number of amides is 2. The summed E-state index contributed by atoms with van der Waals surface area (Å²) >= 11 is 0. The molecule has 8 heteroatoms. The molecule has 0 spiro atoms. The summed E-state index contributed by atoms with van der Waals surface area (Å²) in [6.45, 7) is 0.911. The van der Waals surface area contributed by atoms with Crippen molar-refractivity contribution < 1.29 is 14.7 Å². The first-order valence-corrected chi connectivity index (χ1v) is 8.52. The second-order valence-corrected chi connectivity index (χ2v) is 6.07. The highest BCUT2D eigenvalue weighted by atomic mass is 16.4. The molecule has 3 aromatic rings. The minimum Gasteiger partial charge on any atom is -0.463 e. The monoisotopic (exact) mass is 377 g/mol. The predicted octanol–water partition coefficient (Wildman–Crippen LogP) is 2.24. The lowest BCUT2D eigenvalue weighted by Gasteiger charge is -2.05. The van der Waals surface area contributed by atoms with Gasteiger partial charge in [0.15, 0.2) is 0 Å². The van der Waals surface area contributed by atoms with Gasteiger partial charge in [-0.3, -0.25) is 9.48 Å². The Labute approximate surface area is 161 Å². The molecule has 2 amide bonds. The maximum Gasteiger partial charge on any atom is 0.433 e. The van der Waals surface area contributed by atoms with Gasteiger partial charge in [0.1, 0.15) is 5.84 Å². The Morgan fingerprint density at radius 1 is 1.04 bits per heavy atom. The zero-order valence-corrected chi connectivity index (χ0v) is 14.9. The summed E-state index contributed by atoms with van der Waals surface area (Å²) in [5.41, 5.74) is 8.51. The molecule has 28 heavy (non-hydrogen) atoms. The average molecular weight is 377 g/mol. The lowest BCUT2D eigenvalue weighted by Crippen LogP contribution is -2.22. The maximum absolute atomic E-state index is 12.3. The van der Waals surface area contributed by atoms with Gasteiger partial charge in [-0.05, 0) is 11.1 Å². The number of carbonyl (C=O) groups excluding carboxylic acids is 1. The van der Waals surface area contributed by atoms with E-state index in [1.165, 1.54) is 6.20 Å². The van der Waals surface area contributed by atoms with Crippen molar-refractivity contribution in [2.45, 2.75) is 13.1 Å². The number of nitrogens with one attached hydrogen (secondary N) is 1. The summed E-state index contributed by atoms with van der Waals surface area (Å²) in [6, 6.07) is 16.7. The molecule has 0 bridgehead atoms. The first-order valence-electron chi connectivity index (χ1n) is 8.52. The first kappa shape index (κ1) is 18.8. The van der Waals surface area contributed by atoms with E-state index >= 15 is 0 Å². The Balaban J connectivity index is 1.56. The zero-order chi connectivity index (χ0) is 19.9. The van der Waals surface area contributed by atoms with Crippen LogP contribution in [-0.2, 0) is 13.1 Å². The number of aromatic nitrogens is 2. The molecule has 2 aromatic carbocycles. The number of rotatable bonds is 6. The van der Waals surface area contributed by atoms with Crippen LogP contribution in [0.2, 0.25) is 0 Å². The number of amidine groups is 1. The SMILES string of the molecule is N/C(=N/C(=O)O)c1ccc(CNC(=O)c2cnn(Cc3ccccc3)c2)cc1. The molecule has 0 fully saturated rings. The van der Waals surface area contributed by atoms with Gasteiger partial charge >= 0.3 is 6.09 Å². The predicted molar refractivity (Wildman–Crippen MR) is 104 cm³/mol. The minimum atomic E-state index is -1.35. The van der Waals surface area contributed by atoms with E-state index in [1.54, 1.807) is 35.1 Å². The van der Waals surface area contributed by atoms with Crippen molar-refractivity contribution in [1.29, 1.82) is 0 Å². The molecular weight excluding hydrogens is 358 g/mol. The van der Waals surface area contributed by atoms with Crippen molar-refractivity contribution in [3.05, 3.63) is 89.2 Å². The van der Waals surface area contributed by atoms with Crippen LogP contribution in [0.3, 0.4) is 0 Å². The molecular formula is C20H19N5O3. The standard InChI is InChI=1S/C20H19N5O3/c21-18(24-20(27)28)16-8-6-14(7-9-16)10-22-19(26)17-11-23-25(13-17)12-15-4-2-1-3-5-15/h1-9,11,13H,10,12H2,(H2,21,24)(H,22,26)(H,27,28). The van der Waals surface area contributed by atoms with Crippen LogP contribution in [0.15, 0.2) is 72.0 Å². The molecule has 0 aliphatic carbocycles. The number of benzene rings is 2. The van der Waals surface area contributed by atoms with Crippen LogP contribution in [0.5, 0.6) is 0 Å². The smallest absolute Gasteiger partial charge is 0.433 e. The third-order valence-corrected chi connectivity index (χ3v) is 4.00. The molecule has 142 valence electrons. The van der Waals surface area contributed by atoms with Gasteiger partial charge < -0.3 is 16.2 Å². The highest BCUT2D eigenvalue weighted by Crippen LogP contribution is 2.07. The Hall–Kier alpha value is -3.94. The first-order chi connectivity index (χ1) is 13.5. The normalized spacial score (nSPS) is 11.2.